The monoisotopic (exact) mass is 319 g/mol. The van der Waals surface area contributed by atoms with E-state index in [1.54, 1.807) is 0 Å². The second kappa shape index (κ2) is 6.60. The summed E-state index contributed by atoms with van der Waals surface area (Å²) in [5.41, 5.74) is 7.29. The van der Waals surface area contributed by atoms with Crippen molar-refractivity contribution in [2.75, 3.05) is 18.1 Å². The molecule has 1 aromatic carbocycles. The van der Waals surface area contributed by atoms with Crippen LogP contribution >= 0.6 is 23.1 Å². The topological polar surface area (TPSA) is 59.2 Å². The number of amides is 1. The van der Waals surface area contributed by atoms with Crippen molar-refractivity contribution in [2.45, 2.75) is 12.6 Å². The van der Waals surface area contributed by atoms with Crippen molar-refractivity contribution in [2.24, 2.45) is 5.73 Å². The van der Waals surface area contributed by atoms with E-state index in [-0.39, 0.29) is 11.9 Å². The van der Waals surface area contributed by atoms with Gasteiger partial charge in [0.15, 0.2) is 0 Å². The Labute approximate surface area is 132 Å². The van der Waals surface area contributed by atoms with Gasteiger partial charge in [-0.1, -0.05) is 30.3 Å². The lowest BCUT2D eigenvalue weighted by Crippen LogP contribution is -2.40. The fourth-order valence-corrected chi connectivity index (χ4v) is 4.18. The Hall–Kier alpha value is -1.37. The zero-order chi connectivity index (χ0) is 14.7. The summed E-state index contributed by atoms with van der Waals surface area (Å²) in [4.78, 5) is 19.0. The molecule has 0 bridgehead atoms. The van der Waals surface area contributed by atoms with Gasteiger partial charge in [-0.25, -0.2) is 4.98 Å². The summed E-state index contributed by atoms with van der Waals surface area (Å²) >= 11 is 3.34. The number of hydrogen-bond donors (Lipinski definition) is 1. The molecule has 1 aliphatic heterocycles. The van der Waals surface area contributed by atoms with Gasteiger partial charge in [0, 0.05) is 30.0 Å². The summed E-state index contributed by atoms with van der Waals surface area (Å²) < 4.78 is 0. The normalized spacial score (nSPS) is 18.7. The number of carbonyl (C=O) groups is 1. The Kier molecular flexibility index (Phi) is 4.57. The largest absolute Gasteiger partial charge is 0.329 e. The van der Waals surface area contributed by atoms with E-state index in [1.165, 1.54) is 16.9 Å². The average Bonchev–Trinajstić information content (AvgIpc) is 3.04. The highest BCUT2D eigenvalue weighted by Gasteiger charge is 2.30. The SMILES string of the molecule is NCc1nc(C(=O)N2CCSCC2c2ccccc2)cs1. The molecule has 2 heterocycles. The molecule has 1 saturated heterocycles. The van der Waals surface area contributed by atoms with Gasteiger partial charge < -0.3 is 10.6 Å². The van der Waals surface area contributed by atoms with Crippen molar-refractivity contribution in [1.29, 1.82) is 0 Å². The van der Waals surface area contributed by atoms with Crippen molar-refractivity contribution < 1.29 is 4.79 Å². The highest BCUT2D eigenvalue weighted by Crippen LogP contribution is 2.30. The molecule has 21 heavy (non-hydrogen) atoms. The predicted molar refractivity (Wildman–Crippen MR) is 87.5 cm³/mol. The molecule has 1 aliphatic rings. The van der Waals surface area contributed by atoms with Crippen molar-refractivity contribution in [1.82, 2.24) is 9.88 Å². The third-order valence-corrected chi connectivity index (χ3v) is 5.41. The Bertz CT molecular complexity index is 614. The molecule has 6 heteroatoms. The number of nitrogens with zero attached hydrogens (tertiary/aromatic N) is 2. The maximum Gasteiger partial charge on any atom is 0.273 e. The third kappa shape index (κ3) is 3.12. The minimum atomic E-state index is 0.0140. The van der Waals surface area contributed by atoms with Gasteiger partial charge in [0.25, 0.3) is 5.91 Å². The van der Waals surface area contributed by atoms with Crippen LogP contribution in [0, 0.1) is 0 Å². The zero-order valence-corrected chi connectivity index (χ0v) is 13.2. The minimum Gasteiger partial charge on any atom is -0.329 e. The first-order valence-electron chi connectivity index (χ1n) is 6.87. The number of carbonyl (C=O) groups excluding carboxylic acids is 1. The number of thiazole rings is 1. The number of benzene rings is 1. The summed E-state index contributed by atoms with van der Waals surface area (Å²) in [6.45, 7) is 1.15. The lowest BCUT2D eigenvalue weighted by molar-refractivity contribution is 0.0696. The quantitative estimate of drug-likeness (QED) is 0.944. The molecule has 3 rings (SSSR count). The molecule has 4 nitrogen and oxygen atoms in total. The maximum atomic E-state index is 12.7. The van der Waals surface area contributed by atoms with Crippen LogP contribution < -0.4 is 5.73 Å². The van der Waals surface area contributed by atoms with Crippen LogP contribution in [-0.2, 0) is 6.54 Å². The van der Waals surface area contributed by atoms with Gasteiger partial charge in [0.05, 0.1) is 6.04 Å². The van der Waals surface area contributed by atoms with E-state index in [4.69, 9.17) is 5.73 Å². The molecule has 1 aromatic heterocycles. The van der Waals surface area contributed by atoms with Crippen molar-refractivity contribution >= 4 is 29.0 Å². The van der Waals surface area contributed by atoms with Crippen LogP contribution in [-0.4, -0.2) is 33.8 Å². The van der Waals surface area contributed by atoms with E-state index in [1.807, 2.05) is 40.2 Å². The summed E-state index contributed by atoms with van der Waals surface area (Å²) in [7, 11) is 0. The van der Waals surface area contributed by atoms with Crippen molar-refractivity contribution in [3.63, 3.8) is 0 Å². The Morgan fingerprint density at radius 3 is 2.90 bits per heavy atom. The van der Waals surface area contributed by atoms with E-state index >= 15 is 0 Å². The number of thioether (sulfide) groups is 1. The van der Waals surface area contributed by atoms with E-state index in [0.29, 0.717) is 12.2 Å². The van der Waals surface area contributed by atoms with Crippen LogP contribution in [0.2, 0.25) is 0 Å². The van der Waals surface area contributed by atoms with Crippen LogP contribution in [0.15, 0.2) is 35.7 Å². The standard InChI is InChI=1S/C15H17N3OS2/c16-8-14-17-12(9-21-14)15(19)18-6-7-20-10-13(18)11-4-2-1-3-5-11/h1-5,9,13H,6-8,10,16H2. The zero-order valence-electron chi connectivity index (χ0n) is 11.6. The smallest absolute Gasteiger partial charge is 0.273 e. The summed E-state index contributed by atoms with van der Waals surface area (Å²) in [6, 6.07) is 10.3. The first kappa shape index (κ1) is 14.6. The number of hydrogen-bond acceptors (Lipinski definition) is 5. The maximum absolute atomic E-state index is 12.7. The molecule has 0 radical (unpaired) electrons. The molecular formula is C15H17N3OS2. The average molecular weight is 319 g/mol. The van der Waals surface area contributed by atoms with E-state index < -0.39 is 0 Å². The first-order valence-corrected chi connectivity index (χ1v) is 8.91. The number of rotatable bonds is 3. The van der Waals surface area contributed by atoms with Gasteiger partial charge in [-0.3, -0.25) is 4.79 Å². The van der Waals surface area contributed by atoms with Gasteiger partial charge in [-0.15, -0.1) is 11.3 Å². The molecule has 110 valence electrons. The molecule has 1 atom stereocenters. The Morgan fingerprint density at radius 2 is 2.19 bits per heavy atom. The number of aromatic nitrogens is 1. The molecule has 1 amide bonds. The summed E-state index contributed by atoms with van der Waals surface area (Å²) in [5.74, 6) is 1.92. The molecular weight excluding hydrogens is 302 g/mol. The molecule has 2 N–H and O–H groups in total. The number of nitrogens with two attached hydrogens (primary N) is 1. The van der Waals surface area contributed by atoms with Crippen LogP contribution in [0.1, 0.15) is 27.1 Å². The van der Waals surface area contributed by atoms with Crippen molar-refractivity contribution in [3.05, 3.63) is 52.0 Å². The lowest BCUT2D eigenvalue weighted by Gasteiger charge is -2.35. The van der Waals surface area contributed by atoms with Gasteiger partial charge >= 0.3 is 0 Å². The van der Waals surface area contributed by atoms with Crippen LogP contribution in [0.25, 0.3) is 0 Å². The molecule has 0 aliphatic carbocycles. The van der Waals surface area contributed by atoms with E-state index in [9.17, 15) is 4.79 Å². The first-order chi connectivity index (χ1) is 10.3. The second-order valence-corrected chi connectivity index (χ2v) is 6.92. The molecule has 0 spiro atoms. The van der Waals surface area contributed by atoms with Gasteiger partial charge in [-0.2, -0.15) is 11.8 Å². The molecule has 0 saturated carbocycles. The predicted octanol–water partition coefficient (Wildman–Crippen LogP) is 2.53. The fourth-order valence-electron chi connectivity index (χ4n) is 2.45. The minimum absolute atomic E-state index is 0.0140. The van der Waals surface area contributed by atoms with Crippen LogP contribution in [0.3, 0.4) is 0 Å². The van der Waals surface area contributed by atoms with E-state index in [2.05, 4.69) is 17.1 Å². The lowest BCUT2D eigenvalue weighted by atomic mass is 10.1. The van der Waals surface area contributed by atoms with E-state index in [0.717, 1.165) is 23.1 Å². The summed E-state index contributed by atoms with van der Waals surface area (Å²) in [6.07, 6.45) is 0. The van der Waals surface area contributed by atoms with Gasteiger partial charge in [0.1, 0.15) is 10.7 Å². The second-order valence-electron chi connectivity index (χ2n) is 4.83. The van der Waals surface area contributed by atoms with Crippen LogP contribution in [0.4, 0.5) is 0 Å². The summed E-state index contributed by atoms with van der Waals surface area (Å²) in [5, 5.41) is 2.62. The van der Waals surface area contributed by atoms with Crippen molar-refractivity contribution in [3.8, 4) is 0 Å². The van der Waals surface area contributed by atoms with Gasteiger partial charge in [0.2, 0.25) is 0 Å². The molecule has 1 unspecified atom stereocenters. The highest BCUT2D eigenvalue weighted by molar-refractivity contribution is 7.99. The fraction of sp³-hybridized carbons (Fsp3) is 0.333. The third-order valence-electron chi connectivity index (χ3n) is 3.52. The molecule has 2 aromatic rings. The van der Waals surface area contributed by atoms with Gasteiger partial charge in [-0.05, 0) is 5.56 Å². The molecule has 1 fully saturated rings. The Balaban J connectivity index is 1.85. The Morgan fingerprint density at radius 1 is 1.38 bits per heavy atom. The highest BCUT2D eigenvalue weighted by atomic mass is 32.2. The van der Waals surface area contributed by atoms with Crippen LogP contribution in [0.5, 0.6) is 0 Å².